The molecule has 0 bridgehead atoms. The van der Waals surface area contributed by atoms with Crippen molar-refractivity contribution in [3.63, 3.8) is 0 Å². The summed E-state index contributed by atoms with van der Waals surface area (Å²) in [6, 6.07) is 98.3. The van der Waals surface area contributed by atoms with Gasteiger partial charge in [-0.25, -0.2) is 0 Å². The summed E-state index contributed by atoms with van der Waals surface area (Å²) in [6.45, 7) is 55.8. The first kappa shape index (κ1) is 80.7. The summed E-state index contributed by atoms with van der Waals surface area (Å²) in [7, 11) is 0. The molecule has 13 aromatic heterocycles. The van der Waals surface area contributed by atoms with Crippen LogP contribution in [0.5, 0.6) is 0 Å². The fourth-order valence-electron chi connectivity index (χ4n) is 24.7. The van der Waals surface area contributed by atoms with Gasteiger partial charge >= 0.3 is 0 Å². The third-order valence-electron chi connectivity index (χ3n) is 31.9. The number of hydrogen-bond donors (Lipinski definition) is 0. The van der Waals surface area contributed by atoms with Crippen LogP contribution >= 0.6 is 0 Å². The van der Waals surface area contributed by atoms with Crippen molar-refractivity contribution in [2.45, 2.75) is 209 Å². The van der Waals surface area contributed by atoms with Crippen molar-refractivity contribution >= 4 is 251 Å². The van der Waals surface area contributed by atoms with E-state index in [1.54, 1.807) is 0 Å². The van der Waals surface area contributed by atoms with Crippen molar-refractivity contribution in [3.8, 4) is 0 Å². The molecule has 0 saturated heterocycles. The van der Waals surface area contributed by atoms with E-state index in [2.05, 4.69) is 447 Å². The van der Waals surface area contributed by atoms with E-state index >= 15 is 0 Å². The lowest BCUT2D eigenvalue weighted by atomic mass is 9.84. The molecule has 29 rings (SSSR count). The lowest BCUT2D eigenvalue weighted by Crippen LogP contribution is -2.11. The Labute approximate surface area is 784 Å². The van der Waals surface area contributed by atoms with Gasteiger partial charge in [0, 0.05) is 129 Å². The number of rotatable bonds is 0. The average Bonchev–Trinajstić information content (AvgIpc) is 2.22. The molecule has 0 radical (unpaired) electrons. The van der Waals surface area contributed by atoms with Crippen LogP contribution in [-0.2, 0) is 43.3 Å². The molecule has 13 heterocycles. The highest BCUT2D eigenvalue weighted by molar-refractivity contribution is 6.41. The molecule has 16 aromatic carbocycles. The second kappa shape index (κ2) is 25.8. The van der Waals surface area contributed by atoms with E-state index < -0.39 is 0 Å². The first-order chi connectivity index (χ1) is 64.1. The molecule has 0 aliphatic carbocycles. The lowest BCUT2D eigenvalue weighted by molar-refractivity contribution is 0.590. The Morgan fingerprint density at radius 2 is 0.378 bits per heavy atom. The standard InChI is InChI=1S/C52H50N2O.C46H48N2.C30H16N2/c1-49(2,3)27-13-17-39-33(21-27)35-23-29(51(7,8)9)25-37-43-41(53(39)45(35)37)19-15-31-32-16-20-42-44(48(32)55-47(31)43)38-26-30(52(10,11)12)24-36-34-22-28(50(4,5)6)14-18-40(34)54(42)46(36)38;1-43(2,3)25-14-17-36-29(19-25)31-22-28(46(10,11)12)23-34-39-38(48(36)41(31)34)24-32-30-20-26(44(4,5)6)13-16-35(30)47-37-18-15-27(45(7,8)9)21-33(37)40(39)42(32)47;1-4-13-23-17(8-1)19-11-7-12-21-27-26(32(23)29(19)21)16-22-18-9-2-5-14-24(18)31-25-15-6-3-10-20(25)28(27)30(22)31/h13-26H,1-12H3;13-24H,1-12H3;1-16H. The third kappa shape index (κ3) is 10.7. The zero-order valence-electron chi connectivity index (χ0n) is 82.3. The minimum Gasteiger partial charge on any atom is -0.455 e. The summed E-state index contributed by atoms with van der Waals surface area (Å²) >= 11 is 0. The summed E-state index contributed by atoms with van der Waals surface area (Å²) in [4.78, 5) is 0. The van der Waals surface area contributed by atoms with Crippen molar-refractivity contribution in [1.29, 1.82) is 0 Å². The third-order valence-corrected chi connectivity index (χ3v) is 31.9. The molecular weight excluding hydrogens is 1640 g/mol. The minimum absolute atomic E-state index is 0.0144. The molecule has 0 amide bonds. The monoisotopic (exact) mass is 1750 g/mol. The predicted molar refractivity (Wildman–Crippen MR) is 584 cm³/mol. The molecule has 662 valence electrons. The lowest BCUT2D eigenvalue weighted by Gasteiger charge is -2.20. The predicted octanol–water partition coefficient (Wildman–Crippen LogP) is 36.2. The molecule has 0 aliphatic rings. The summed E-state index contributed by atoms with van der Waals surface area (Å²) in [6.07, 6.45) is 0. The largest absolute Gasteiger partial charge is 0.455 e. The maximum atomic E-state index is 7.38. The highest BCUT2D eigenvalue weighted by atomic mass is 16.3. The molecule has 0 aliphatic heterocycles. The molecule has 7 nitrogen and oxygen atoms in total. The van der Waals surface area contributed by atoms with E-state index in [1.165, 1.54) is 284 Å². The number of benzene rings is 16. The quantitative estimate of drug-likeness (QED) is 0.149. The molecule has 0 spiro atoms. The SMILES string of the molecule is CC(C)(C)c1ccc2c(c1)c1cc(C(C)(C)C)cc3c4c5c6cc(C(C)(C)C)ccc6n6c7ccc(C(C)(C)C)cc7c(cc4n2c13)c56.CC(C)(C)c1ccc2c(c1)c1cc(C(C)(C)C)cc3c4c5oc6c(ccc7c6c6cc(C(C)(C)C)cc8c9cc(C(C)(C)C)ccc9n7c86)c5ccc4n2c13.c1ccc2c(c1)c1cccc3c4c5c6ccccc6n6c7ccccc7c(cc4n2c13)c56. The topological polar surface area (TPSA) is 39.6 Å². The van der Waals surface area contributed by atoms with Crippen LogP contribution in [0.2, 0.25) is 0 Å². The Hall–Kier alpha value is -13.9. The number of furan rings is 1. The highest BCUT2D eigenvalue weighted by Crippen LogP contribution is 2.56. The van der Waals surface area contributed by atoms with Crippen molar-refractivity contribution in [1.82, 2.24) is 26.4 Å². The highest BCUT2D eigenvalue weighted by Gasteiger charge is 2.35. The van der Waals surface area contributed by atoms with Crippen LogP contribution < -0.4 is 0 Å². The Morgan fingerprint density at radius 1 is 0.141 bits per heavy atom. The summed E-state index contributed by atoms with van der Waals surface area (Å²) in [5, 5.41) is 34.3. The molecule has 29 aromatic rings. The van der Waals surface area contributed by atoms with Gasteiger partial charge in [0.25, 0.3) is 0 Å². The molecule has 0 saturated carbocycles. The maximum absolute atomic E-state index is 7.38. The van der Waals surface area contributed by atoms with E-state index in [9.17, 15) is 0 Å². The van der Waals surface area contributed by atoms with Gasteiger partial charge in [-0.3, -0.25) is 0 Å². The van der Waals surface area contributed by atoms with Crippen LogP contribution in [0.3, 0.4) is 0 Å². The molecule has 135 heavy (non-hydrogen) atoms. The van der Waals surface area contributed by atoms with Crippen LogP contribution in [-0.4, -0.2) is 26.4 Å². The molecule has 7 heteroatoms. The van der Waals surface area contributed by atoms with Crippen molar-refractivity contribution in [3.05, 3.63) is 299 Å². The van der Waals surface area contributed by atoms with Gasteiger partial charge < -0.3 is 30.8 Å². The van der Waals surface area contributed by atoms with Crippen LogP contribution in [0.4, 0.5) is 0 Å². The fraction of sp³-hybridized carbons (Fsp3) is 0.250. The first-order valence-corrected chi connectivity index (χ1v) is 49.0. The normalized spacial score (nSPS) is 13.9. The van der Waals surface area contributed by atoms with Crippen LogP contribution in [0.15, 0.2) is 259 Å². The van der Waals surface area contributed by atoms with E-state index in [0.29, 0.717) is 0 Å². The Balaban J connectivity index is 0.000000106. The van der Waals surface area contributed by atoms with Gasteiger partial charge in [-0.15, -0.1) is 0 Å². The molecular formula is C128H114N6O. The number of hydrogen-bond acceptors (Lipinski definition) is 1. The number of nitrogens with zero attached hydrogens (tertiary/aromatic N) is 6. The van der Waals surface area contributed by atoms with E-state index in [0.717, 1.165) is 11.2 Å². The van der Waals surface area contributed by atoms with Crippen molar-refractivity contribution in [2.24, 2.45) is 0 Å². The van der Waals surface area contributed by atoms with Gasteiger partial charge in [-0.05, 0) is 239 Å². The smallest absolute Gasteiger partial charge is 0.145 e. The van der Waals surface area contributed by atoms with Crippen LogP contribution in [0.25, 0.3) is 251 Å². The first-order valence-electron chi connectivity index (χ1n) is 49.0. The number of fused-ring (bicyclic) bond motifs is 43. The summed E-state index contributed by atoms with van der Waals surface area (Å²) < 4.78 is 22.5. The number of aromatic nitrogens is 6. The molecule has 0 atom stereocenters. The zero-order chi connectivity index (χ0) is 93.0. The van der Waals surface area contributed by atoms with Gasteiger partial charge in [0.15, 0.2) is 0 Å². The van der Waals surface area contributed by atoms with Crippen LogP contribution in [0, 0.1) is 0 Å². The number of para-hydroxylation sites is 4. The van der Waals surface area contributed by atoms with E-state index in [4.69, 9.17) is 4.42 Å². The Bertz CT molecular complexity index is 10000. The zero-order valence-corrected chi connectivity index (χ0v) is 82.3. The fourth-order valence-corrected chi connectivity index (χ4v) is 24.7. The van der Waals surface area contributed by atoms with Gasteiger partial charge in [0.2, 0.25) is 0 Å². The van der Waals surface area contributed by atoms with Gasteiger partial charge in [0.1, 0.15) is 11.2 Å². The summed E-state index contributed by atoms with van der Waals surface area (Å²) in [5.41, 5.74) is 36.5. The second-order valence-corrected chi connectivity index (χ2v) is 48.5. The van der Waals surface area contributed by atoms with Crippen LogP contribution in [0.1, 0.15) is 211 Å². The Morgan fingerprint density at radius 3 is 0.756 bits per heavy atom. The van der Waals surface area contributed by atoms with Gasteiger partial charge in [-0.1, -0.05) is 269 Å². The molecule has 0 fully saturated rings. The molecule has 0 N–H and O–H groups in total. The minimum atomic E-state index is -0.0144. The molecule has 0 unspecified atom stereocenters. The van der Waals surface area contributed by atoms with E-state index in [-0.39, 0.29) is 43.3 Å². The summed E-state index contributed by atoms with van der Waals surface area (Å²) in [5.74, 6) is 0. The Kier molecular flexibility index (Phi) is 15.4. The second-order valence-electron chi connectivity index (χ2n) is 48.5. The van der Waals surface area contributed by atoms with Gasteiger partial charge in [0.05, 0.1) is 110 Å². The van der Waals surface area contributed by atoms with Gasteiger partial charge in [-0.2, -0.15) is 0 Å². The van der Waals surface area contributed by atoms with Crippen molar-refractivity contribution < 1.29 is 4.42 Å². The maximum Gasteiger partial charge on any atom is 0.145 e. The van der Waals surface area contributed by atoms with E-state index in [1.807, 2.05) is 0 Å². The average molecular weight is 1750 g/mol. The van der Waals surface area contributed by atoms with Crippen molar-refractivity contribution in [2.75, 3.05) is 0 Å².